The number of carbonyl (C=O) groups excluding carboxylic acids is 1. The number of rotatable bonds is 9. The Balaban J connectivity index is 1.30. The molecule has 2 heterocycles. The van der Waals surface area contributed by atoms with E-state index in [1.54, 1.807) is 22.7 Å². The van der Waals surface area contributed by atoms with E-state index in [9.17, 15) is 4.79 Å². The first-order chi connectivity index (χ1) is 22.3. The first-order valence-corrected chi connectivity index (χ1v) is 16.7. The topological polar surface area (TPSA) is 20.3 Å². The molecule has 6 aromatic rings. The van der Waals surface area contributed by atoms with E-state index in [-0.39, 0.29) is 5.92 Å². The van der Waals surface area contributed by atoms with Crippen molar-refractivity contribution < 1.29 is 4.79 Å². The van der Waals surface area contributed by atoms with Gasteiger partial charge in [0.05, 0.1) is 5.41 Å². The zero-order chi connectivity index (χ0) is 30.5. The van der Waals surface area contributed by atoms with Gasteiger partial charge in [0.15, 0.2) is 0 Å². The summed E-state index contributed by atoms with van der Waals surface area (Å²) in [6.07, 6.45) is 12.4. The second-order valence-corrected chi connectivity index (χ2v) is 12.9. The molecule has 0 radical (unpaired) electrons. The van der Waals surface area contributed by atoms with E-state index in [0.29, 0.717) is 5.56 Å². The fourth-order valence-electron chi connectivity index (χ4n) is 6.22. The van der Waals surface area contributed by atoms with Crippen molar-refractivity contribution in [1.29, 1.82) is 0 Å². The van der Waals surface area contributed by atoms with Gasteiger partial charge >= 0.3 is 0 Å². The van der Waals surface area contributed by atoms with E-state index in [1.807, 2.05) is 30.3 Å². The normalized spacial score (nSPS) is 17.7. The molecule has 1 aliphatic rings. The molecule has 0 amide bonds. The Morgan fingerprint density at radius 1 is 0.644 bits per heavy atom. The number of benzene rings is 4. The second kappa shape index (κ2) is 12.9. The summed E-state index contributed by atoms with van der Waals surface area (Å²) >= 11 is 3.48. The van der Waals surface area contributed by atoms with Crippen molar-refractivity contribution in [3.05, 3.63) is 195 Å². The summed E-state index contributed by atoms with van der Waals surface area (Å²) in [5.41, 5.74) is 6.86. The highest BCUT2D eigenvalue weighted by molar-refractivity contribution is 7.11. The summed E-state index contributed by atoms with van der Waals surface area (Å²) in [4.78, 5) is 17.1. The van der Waals surface area contributed by atoms with Crippen LogP contribution >= 0.6 is 22.7 Å². The number of hydrogen-bond donors (Lipinski definition) is 0. The number of anilines is 3. The minimum Gasteiger partial charge on any atom is -0.311 e. The molecule has 2 unspecified atom stereocenters. The monoisotopic (exact) mass is 617 g/mol. The number of thiophene rings is 2. The first-order valence-electron chi connectivity index (χ1n) is 15.0. The Labute approximate surface area is 272 Å². The molecule has 2 aromatic heterocycles. The van der Waals surface area contributed by atoms with Crippen LogP contribution in [0, 0.1) is 5.92 Å². The number of allylic oxidation sites excluding steroid dienone is 5. The Kier molecular flexibility index (Phi) is 8.24. The van der Waals surface area contributed by atoms with Gasteiger partial charge in [-0.15, -0.1) is 22.7 Å². The minimum atomic E-state index is -0.514. The van der Waals surface area contributed by atoms with Gasteiger partial charge in [0.1, 0.15) is 6.29 Å². The molecule has 0 saturated heterocycles. The van der Waals surface area contributed by atoms with Crippen molar-refractivity contribution in [1.82, 2.24) is 0 Å². The largest absolute Gasteiger partial charge is 0.311 e. The lowest BCUT2D eigenvalue weighted by atomic mass is 9.64. The van der Waals surface area contributed by atoms with Crippen LogP contribution in [0.4, 0.5) is 17.1 Å². The van der Waals surface area contributed by atoms with Gasteiger partial charge in [-0.3, -0.25) is 4.79 Å². The fraction of sp³-hybridized carbons (Fsp3) is 0.0488. The maximum atomic E-state index is 12.4. The second-order valence-electron chi connectivity index (χ2n) is 11.0. The number of hydrogen-bond acceptors (Lipinski definition) is 4. The number of nitrogens with zero attached hydrogens (tertiary/aromatic N) is 1. The molecule has 4 aromatic carbocycles. The van der Waals surface area contributed by atoms with E-state index < -0.39 is 5.41 Å². The van der Waals surface area contributed by atoms with E-state index in [4.69, 9.17) is 0 Å². The molecular weight excluding hydrogens is 587 g/mol. The quantitative estimate of drug-likeness (QED) is 0.150. The van der Waals surface area contributed by atoms with Crippen LogP contribution in [0.1, 0.15) is 31.2 Å². The van der Waals surface area contributed by atoms with Crippen LogP contribution in [-0.4, -0.2) is 6.29 Å². The number of para-hydroxylation sites is 2. The average molecular weight is 618 g/mol. The van der Waals surface area contributed by atoms with Crippen LogP contribution in [0.5, 0.6) is 0 Å². The van der Waals surface area contributed by atoms with E-state index >= 15 is 0 Å². The number of carbonyl (C=O) groups is 1. The van der Waals surface area contributed by atoms with Crippen LogP contribution in [0.25, 0.3) is 11.6 Å². The third-order valence-corrected chi connectivity index (χ3v) is 10.3. The Morgan fingerprint density at radius 2 is 1.29 bits per heavy atom. The van der Waals surface area contributed by atoms with Crippen LogP contribution in [0.3, 0.4) is 0 Å². The number of aldehydes is 1. The van der Waals surface area contributed by atoms with Gasteiger partial charge in [0.2, 0.25) is 0 Å². The van der Waals surface area contributed by atoms with Crippen LogP contribution in [-0.2, 0) is 5.41 Å². The zero-order valence-electron chi connectivity index (χ0n) is 24.6. The van der Waals surface area contributed by atoms with Crippen molar-refractivity contribution in [2.24, 2.45) is 5.92 Å². The Hall–Kier alpha value is -5.03. The molecule has 0 bridgehead atoms. The zero-order valence-corrected chi connectivity index (χ0v) is 26.2. The summed E-state index contributed by atoms with van der Waals surface area (Å²) in [5, 5.41) is 4.24. The maximum Gasteiger partial charge on any atom is 0.150 e. The van der Waals surface area contributed by atoms with Crippen molar-refractivity contribution >= 4 is 57.7 Å². The smallest absolute Gasteiger partial charge is 0.150 e. The third kappa shape index (κ3) is 5.66. The predicted octanol–water partition coefficient (Wildman–Crippen LogP) is 11.4. The van der Waals surface area contributed by atoms with E-state index in [1.165, 1.54) is 15.3 Å². The first kappa shape index (κ1) is 28.7. The maximum absolute atomic E-state index is 12.4. The fourth-order valence-corrected chi connectivity index (χ4v) is 7.92. The van der Waals surface area contributed by atoms with Gasteiger partial charge in [0, 0.05) is 38.3 Å². The summed E-state index contributed by atoms with van der Waals surface area (Å²) in [7, 11) is 0. The molecular formula is C41H31NOS2. The molecule has 2 nitrogen and oxygen atoms in total. The van der Waals surface area contributed by atoms with Gasteiger partial charge in [0.25, 0.3) is 0 Å². The predicted molar refractivity (Wildman–Crippen MR) is 192 cm³/mol. The molecule has 0 fully saturated rings. The SMILES string of the molecule is O=Cc1ccccc1C1(c2cccs2)C=CC(c2cccs2)=CC1C=Cc1ccc(N(c2ccccc2)c2ccccc2)cc1. The molecule has 0 aliphatic heterocycles. The van der Waals surface area contributed by atoms with Crippen molar-refractivity contribution in [3.63, 3.8) is 0 Å². The lowest BCUT2D eigenvalue weighted by Gasteiger charge is -2.39. The van der Waals surface area contributed by atoms with Crippen LogP contribution in [0.15, 0.2) is 169 Å². The third-order valence-electron chi connectivity index (χ3n) is 8.35. The van der Waals surface area contributed by atoms with Gasteiger partial charge in [-0.2, -0.15) is 0 Å². The van der Waals surface area contributed by atoms with Gasteiger partial charge in [-0.25, -0.2) is 0 Å². The van der Waals surface area contributed by atoms with Gasteiger partial charge in [-0.1, -0.05) is 115 Å². The van der Waals surface area contributed by atoms with Crippen molar-refractivity contribution in [3.8, 4) is 0 Å². The van der Waals surface area contributed by atoms with Crippen molar-refractivity contribution in [2.75, 3.05) is 4.90 Å². The van der Waals surface area contributed by atoms with Crippen LogP contribution < -0.4 is 4.90 Å². The molecule has 1 aliphatic carbocycles. The highest BCUT2D eigenvalue weighted by Crippen LogP contribution is 2.49. The standard InChI is InChI=1S/C41H31NOS2/c43-30-33-11-7-8-16-38(33)41(40-18-10-28-45-40)26-25-32(39-17-9-27-44-39)29-34(41)22-19-31-20-23-37(24-21-31)42(35-12-3-1-4-13-35)36-14-5-2-6-15-36/h1-30,34H. The molecule has 0 saturated carbocycles. The lowest BCUT2D eigenvalue weighted by Crippen LogP contribution is -2.34. The molecule has 218 valence electrons. The van der Waals surface area contributed by atoms with Crippen LogP contribution in [0.2, 0.25) is 0 Å². The van der Waals surface area contributed by atoms with E-state index in [2.05, 4.69) is 149 Å². The molecule has 7 rings (SSSR count). The molecule has 4 heteroatoms. The summed E-state index contributed by atoms with van der Waals surface area (Å²) in [6, 6.07) is 46.2. The van der Waals surface area contributed by atoms with E-state index in [0.717, 1.165) is 34.5 Å². The minimum absolute atomic E-state index is 0.0239. The molecule has 2 atom stereocenters. The molecule has 45 heavy (non-hydrogen) atoms. The van der Waals surface area contributed by atoms with Gasteiger partial charge < -0.3 is 4.90 Å². The Morgan fingerprint density at radius 3 is 1.93 bits per heavy atom. The lowest BCUT2D eigenvalue weighted by molar-refractivity contribution is 0.112. The molecule has 0 spiro atoms. The van der Waals surface area contributed by atoms with Gasteiger partial charge in [-0.05, 0) is 76.0 Å². The highest BCUT2D eigenvalue weighted by atomic mass is 32.1. The van der Waals surface area contributed by atoms with Crippen molar-refractivity contribution in [2.45, 2.75) is 5.41 Å². The average Bonchev–Trinajstić information content (AvgIpc) is 3.85. The Bertz CT molecular complexity index is 1920. The highest BCUT2D eigenvalue weighted by Gasteiger charge is 2.42. The summed E-state index contributed by atoms with van der Waals surface area (Å²) in [6.45, 7) is 0. The summed E-state index contributed by atoms with van der Waals surface area (Å²) in [5.74, 6) is -0.0239. The summed E-state index contributed by atoms with van der Waals surface area (Å²) < 4.78 is 0. The molecule has 0 N–H and O–H groups in total.